The Labute approximate surface area is 168 Å². The average Bonchev–Trinajstić information content (AvgIpc) is 2.66. The molecular weight excluding hydrogens is 371 g/mol. The van der Waals surface area contributed by atoms with Crippen LogP contribution in [0, 0.1) is 12.7 Å². The van der Waals surface area contributed by atoms with Crippen LogP contribution in [0.2, 0.25) is 0 Å². The van der Waals surface area contributed by atoms with Crippen molar-refractivity contribution in [2.75, 3.05) is 23.0 Å². The molecule has 0 spiro atoms. The molecule has 0 radical (unpaired) electrons. The van der Waals surface area contributed by atoms with Gasteiger partial charge in [-0.25, -0.2) is 9.38 Å². The zero-order chi connectivity index (χ0) is 20.8. The number of para-hydroxylation sites is 1. The Kier molecular flexibility index (Phi) is 6.23. The summed E-state index contributed by atoms with van der Waals surface area (Å²) in [5.74, 6) is 0.884. The molecule has 2 aromatic carbocycles. The first-order valence-electron chi connectivity index (χ1n) is 9.16. The Morgan fingerprint density at radius 3 is 2.62 bits per heavy atom. The largest absolute Gasteiger partial charge is 0.481 e. The Hall–Kier alpha value is -3.68. The number of nitrogens with two attached hydrogens (primary N) is 1. The summed E-state index contributed by atoms with van der Waals surface area (Å²) >= 11 is 0. The smallest absolute Gasteiger partial charge is 0.231 e. The highest BCUT2D eigenvalue weighted by atomic mass is 19.1. The highest BCUT2D eigenvalue weighted by Gasteiger charge is 2.11. The fourth-order valence-corrected chi connectivity index (χ4v) is 2.62. The van der Waals surface area contributed by atoms with Crippen LogP contribution < -0.4 is 16.4 Å². The summed E-state index contributed by atoms with van der Waals surface area (Å²) < 4.78 is 19.7. The lowest BCUT2D eigenvalue weighted by Gasteiger charge is -2.12. The van der Waals surface area contributed by atoms with E-state index >= 15 is 0 Å². The molecule has 0 aliphatic heterocycles. The van der Waals surface area contributed by atoms with E-state index in [1.807, 2.05) is 38.1 Å². The molecule has 0 amide bonds. The van der Waals surface area contributed by atoms with Crippen LogP contribution in [-0.4, -0.2) is 22.5 Å². The minimum atomic E-state index is -0.478. The number of benzene rings is 2. The molecular formula is C21H23FN6O. The van der Waals surface area contributed by atoms with E-state index in [4.69, 9.17) is 10.5 Å². The SMILES string of the molecule is CCOC(C)=Nc1c(F)cccc1Nc1cc(N)nc(Nc2ccc(C)cc2)n1. The van der Waals surface area contributed by atoms with Crippen LogP contribution in [0.3, 0.4) is 0 Å². The van der Waals surface area contributed by atoms with E-state index in [2.05, 4.69) is 25.6 Å². The molecule has 0 bridgehead atoms. The molecule has 3 rings (SSSR count). The first-order valence-corrected chi connectivity index (χ1v) is 9.16. The first kappa shape index (κ1) is 20.1. The fourth-order valence-electron chi connectivity index (χ4n) is 2.62. The fraction of sp³-hybridized carbons (Fsp3) is 0.190. The topological polar surface area (TPSA) is 97.5 Å². The number of hydrogen-bond acceptors (Lipinski definition) is 7. The minimum absolute atomic E-state index is 0.128. The quantitative estimate of drug-likeness (QED) is 0.398. The number of ether oxygens (including phenoxy) is 1. The van der Waals surface area contributed by atoms with Crippen molar-refractivity contribution in [3.05, 3.63) is 59.9 Å². The van der Waals surface area contributed by atoms with Crippen LogP contribution >= 0.6 is 0 Å². The Morgan fingerprint density at radius 2 is 1.90 bits per heavy atom. The summed E-state index contributed by atoms with van der Waals surface area (Å²) in [5.41, 5.74) is 8.46. The van der Waals surface area contributed by atoms with Crippen molar-refractivity contribution in [2.45, 2.75) is 20.8 Å². The first-order chi connectivity index (χ1) is 13.9. The highest BCUT2D eigenvalue weighted by molar-refractivity contribution is 5.82. The van der Waals surface area contributed by atoms with Crippen molar-refractivity contribution in [1.29, 1.82) is 0 Å². The van der Waals surface area contributed by atoms with Gasteiger partial charge in [0, 0.05) is 18.7 Å². The van der Waals surface area contributed by atoms with Gasteiger partial charge in [0.25, 0.3) is 0 Å². The molecule has 150 valence electrons. The number of aryl methyl sites for hydroxylation is 1. The van der Waals surface area contributed by atoms with Crippen LogP contribution in [0.1, 0.15) is 19.4 Å². The Morgan fingerprint density at radius 1 is 1.14 bits per heavy atom. The van der Waals surface area contributed by atoms with E-state index < -0.39 is 5.82 Å². The van der Waals surface area contributed by atoms with Gasteiger partial charge in [-0.3, -0.25) is 0 Å². The van der Waals surface area contributed by atoms with Gasteiger partial charge in [-0.05, 0) is 38.1 Å². The maximum atomic E-state index is 14.4. The second-order valence-corrected chi connectivity index (χ2v) is 6.32. The van der Waals surface area contributed by atoms with Crippen LogP contribution in [0.5, 0.6) is 0 Å². The van der Waals surface area contributed by atoms with E-state index in [1.54, 1.807) is 25.1 Å². The van der Waals surface area contributed by atoms with Crippen molar-refractivity contribution >= 4 is 40.5 Å². The van der Waals surface area contributed by atoms with E-state index in [9.17, 15) is 4.39 Å². The molecule has 3 aromatic rings. The Balaban J connectivity index is 1.89. The second-order valence-electron chi connectivity index (χ2n) is 6.32. The van der Waals surface area contributed by atoms with Gasteiger partial charge in [-0.15, -0.1) is 0 Å². The molecule has 4 N–H and O–H groups in total. The van der Waals surface area contributed by atoms with Crippen molar-refractivity contribution in [3.63, 3.8) is 0 Å². The number of nitrogens with one attached hydrogen (secondary N) is 2. The third-order valence-electron chi connectivity index (χ3n) is 3.93. The number of aliphatic imine (C=N–C) groups is 1. The predicted molar refractivity (Wildman–Crippen MR) is 115 cm³/mol. The van der Waals surface area contributed by atoms with Crippen molar-refractivity contribution in [1.82, 2.24) is 9.97 Å². The Bertz CT molecular complexity index is 1020. The molecule has 7 nitrogen and oxygen atoms in total. The van der Waals surface area contributed by atoms with E-state index in [0.29, 0.717) is 30.0 Å². The van der Waals surface area contributed by atoms with Gasteiger partial charge >= 0.3 is 0 Å². The van der Waals surface area contributed by atoms with Crippen LogP contribution in [0.25, 0.3) is 0 Å². The van der Waals surface area contributed by atoms with Gasteiger partial charge < -0.3 is 21.1 Å². The van der Waals surface area contributed by atoms with Crippen LogP contribution in [-0.2, 0) is 4.74 Å². The second kappa shape index (κ2) is 9.01. The molecule has 0 fully saturated rings. The molecule has 0 saturated heterocycles. The number of rotatable bonds is 6. The van der Waals surface area contributed by atoms with Crippen molar-refractivity contribution in [2.24, 2.45) is 4.99 Å². The number of nitrogen functional groups attached to an aromatic ring is 1. The summed E-state index contributed by atoms with van der Waals surface area (Å²) in [6.07, 6.45) is 0. The molecule has 29 heavy (non-hydrogen) atoms. The molecule has 0 aliphatic carbocycles. The number of aromatic nitrogens is 2. The van der Waals surface area contributed by atoms with Gasteiger partial charge in [0.15, 0.2) is 11.7 Å². The van der Waals surface area contributed by atoms with E-state index in [0.717, 1.165) is 11.3 Å². The zero-order valence-corrected chi connectivity index (χ0v) is 16.5. The third kappa shape index (κ3) is 5.41. The monoisotopic (exact) mass is 394 g/mol. The highest BCUT2D eigenvalue weighted by Crippen LogP contribution is 2.31. The number of hydrogen-bond donors (Lipinski definition) is 3. The molecule has 0 aliphatic rings. The van der Waals surface area contributed by atoms with Gasteiger partial charge in [-0.2, -0.15) is 9.97 Å². The summed E-state index contributed by atoms with van der Waals surface area (Å²) in [7, 11) is 0. The number of anilines is 5. The van der Waals surface area contributed by atoms with E-state index in [-0.39, 0.29) is 11.5 Å². The van der Waals surface area contributed by atoms with Crippen LogP contribution in [0.4, 0.5) is 39.0 Å². The molecule has 0 saturated carbocycles. The number of nitrogens with zero attached hydrogens (tertiary/aromatic N) is 3. The zero-order valence-electron chi connectivity index (χ0n) is 16.5. The normalized spacial score (nSPS) is 11.2. The molecule has 0 atom stereocenters. The number of halogens is 1. The maximum absolute atomic E-state index is 14.4. The summed E-state index contributed by atoms with van der Waals surface area (Å²) in [6.45, 7) is 5.97. The average molecular weight is 394 g/mol. The van der Waals surface area contributed by atoms with Crippen LogP contribution in [0.15, 0.2) is 53.5 Å². The molecule has 8 heteroatoms. The maximum Gasteiger partial charge on any atom is 0.231 e. The lowest BCUT2D eigenvalue weighted by molar-refractivity contribution is 0.324. The van der Waals surface area contributed by atoms with Gasteiger partial charge in [0.2, 0.25) is 5.95 Å². The van der Waals surface area contributed by atoms with E-state index in [1.165, 1.54) is 6.07 Å². The van der Waals surface area contributed by atoms with Crippen molar-refractivity contribution < 1.29 is 9.13 Å². The minimum Gasteiger partial charge on any atom is -0.481 e. The van der Waals surface area contributed by atoms with Gasteiger partial charge in [0.05, 0.1) is 12.3 Å². The molecule has 1 aromatic heterocycles. The summed E-state index contributed by atoms with van der Waals surface area (Å²) in [5, 5.41) is 6.17. The molecule has 0 unspecified atom stereocenters. The van der Waals surface area contributed by atoms with Crippen molar-refractivity contribution in [3.8, 4) is 0 Å². The predicted octanol–water partition coefficient (Wildman–Crippen LogP) is 5.08. The summed E-state index contributed by atoms with van der Waals surface area (Å²) in [6, 6.07) is 14.0. The third-order valence-corrected chi connectivity index (χ3v) is 3.93. The molecule has 1 heterocycles. The van der Waals surface area contributed by atoms with Gasteiger partial charge in [-0.1, -0.05) is 23.8 Å². The lowest BCUT2D eigenvalue weighted by Crippen LogP contribution is -2.04. The standard InChI is InChI=1S/C21H23FN6O/c1-4-29-14(3)24-20-16(22)6-5-7-17(20)26-19-12-18(23)27-21(28-19)25-15-10-8-13(2)9-11-15/h5-12H,4H2,1-3H3,(H4,23,25,26,27,28). The summed E-state index contributed by atoms with van der Waals surface area (Å²) in [4.78, 5) is 12.8. The lowest BCUT2D eigenvalue weighted by atomic mass is 10.2. The van der Waals surface area contributed by atoms with Gasteiger partial charge in [0.1, 0.15) is 17.3 Å².